The van der Waals surface area contributed by atoms with E-state index >= 15 is 0 Å². The summed E-state index contributed by atoms with van der Waals surface area (Å²) >= 11 is 0. The number of hydrogen-bond donors (Lipinski definition) is 0. The van der Waals surface area contributed by atoms with E-state index in [1.54, 1.807) is 0 Å². The smallest absolute Gasteiger partial charge is 0.167 e. The maximum absolute atomic E-state index is 7.22. The van der Waals surface area contributed by atoms with Gasteiger partial charge in [-0.05, 0) is 103 Å². The van der Waals surface area contributed by atoms with E-state index in [1.165, 1.54) is 27.8 Å². The van der Waals surface area contributed by atoms with Crippen molar-refractivity contribution < 1.29 is 9.47 Å². The van der Waals surface area contributed by atoms with Gasteiger partial charge >= 0.3 is 0 Å². The number of rotatable bonds is 8. The van der Waals surface area contributed by atoms with Gasteiger partial charge in [0.1, 0.15) is 23.0 Å². The zero-order valence-corrected chi connectivity index (χ0v) is 50.5. The predicted molar refractivity (Wildman–Crippen MR) is 371 cm³/mol. The van der Waals surface area contributed by atoms with Gasteiger partial charge in [-0.1, -0.05) is 279 Å². The van der Waals surface area contributed by atoms with Gasteiger partial charge < -0.3 is 9.47 Å². The first-order valence-corrected chi connectivity index (χ1v) is 31.7. The lowest BCUT2D eigenvalue weighted by Gasteiger charge is -2.40. The molecule has 0 saturated heterocycles. The number of fused-ring (bicyclic) bond motifs is 18. The lowest BCUT2D eigenvalue weighted by atomic mass is 9.65. The van der Waals surface area contributed by atoms with Crippen LogP contribution in [0.2, 0.25) is 0 Å². The number of nitrogens with zero attached hydrogens (tertiary/aromatic N) is 6. The molecule has 8 heteroatoms. The SMILES string of the molecule is c1ccc(-c2ccc(-c3nc(-c4ccccc4)nc(-c4cccc5c4Oc4ccccc4C54c5ccccc5-c5cc(-c6cccc(-c7nc(-c8ccccc8)nc(-c8cccc9c8Oc8ccccc8C98c9ccccc9-c9ccccc98)n7)c6)ccc54)n3)cc2)cc1. The van der Waals surface area contributed by atoms with Crippen molar-refractivity contribution in [2.45, 2.75) is 10.8 Å². The molecule has 0 bridgehead atoms. The summed E-state index contributed by atoms with van der Waals surface area (Å²) < 4.78 is 14.4. The van der Waals surface area contributed by atoms with Gasteiger partial charge in [0, 0.05) is 44.5 Å². The first kappa shape index (κ1) is 53.3. The molecule has 0 amide bonds. The van der Waals surface area contributed by atoms with Gasteiger partial charge in [0.15, 0.2) is 34.9 Å². The molecule has 4 aliphatic rings. The van der Waals surface area contributed by atoms with Crippen LogP contribution in [0.5, 0.6) is 23.0 Å². The van der Waals surface area contributed by atoms with Crippen LogP contribution in [-0.4, -0.2) is 29.9 Å². The van der Waals surface area contributed by atoms with Gasteiger partial charge in [-0.15, -0.1) is 0 Å². The van der Waals surface area contributed by atoms with Crippen LogP contribution in [0.25, 0.3) is 113 Å². The highest BCUT2D eigenvalue weighted by molar-refractivity contribution is 5.94. The number of benzene rings is 13. The minimum absolute atomic E-state index is 0.515. The average Bonchev–Trinajstić information content (AvgIpc) is 1.48. The van der Waals surface area contributed by atoms with Crippen molar-refractivity contribution in [3.63, 3.8) is 0 Å². The summed E-state index contributed by atoms with van der Waals surface area (Å²) in [6, 6.07) is 111. The van der Waals surface area contributed by atoms with Crippen LogP contribution in [0.15, 0.2) is 315 Å². The van der Waals surface area contributed by atoms with E-state index in [-0.39, 0.29) is 0 Å². The van der Waals surface area contributed by atoms with Crippen LogP contribution in [0.1, 0.15) is 44.5 Å². The van der Waals surface area contributed by atoms with E-state index in [4.69, 9.17) is 39.4 Å². The molecular formula is C86H52N6O2. The van der Waals surface area contributed by atoms with Gasteiger partial charge in [0.2, 0.25) is 0 Å². The highest BCUT2D eigenvalue weighted by Gasteiger charge is 2.53. The van der Waals surface area contributed by atoms with E-state index in [2.05, 4.69) is 249 Å². The summed E-state index contributed by atoms with van der Waals surface area (Å²) in [6.45, 7) is 0. The molecule has 0 radical (unpaired) electrons. The van der Waals surface area contributed by atoms with Crippen molar-refractivity contribution >= 4 is 0 Å². The quantitative estimate of drug-likeness (QED) is 0.148. The molecule has 2 spiro atoms. The molecule has 4 heterocycles. The molecule has 0 fully saturated rings. The molecule has 1 unspecified atom stereocenters. The Morgan fingerprint density at radius 3 is 0.979 bits per heavy atom. The molecule has 2 aromatic heterocycles. The third-order valence-electron chi connectivity index (χ3n) is 19.4. The van der Waals surface area contributed by atoms with E-state index in [9.17, 15) is 0 Å². The van der Waals surface area contributed by atoms with E-state index in [1.807, 2.05) is 66.7 Å². The second kappa shape index (κ2) is 21.0. The molecule has 15 aromatic rings. The number of ether oxygens (including phenoxy) is 2. The fourth-order valence-corrected chi connectivity index (χ4v) is 15.3. The highest BCUT2D eigenvalue weighted by atomic mass is 16.5. The molecule has 1 atom stereocenters. The Balaban J connectivity index is 0.744. The number of aromatic nitrogens is 6. The van der Waals surface area contributed by atoms with Crippen molar-refractivity contribution in [1.82, 2.24) is 29.9 Å². The summed E-state index contributed by atoms with van der Waals surface area (Å²) in [7, 11) is 0. The van der Waals surface area contributed by atoms with Gasteiger partial charge in [-0.25, -0.2) is 29.9 Å². The zero-order chi connectivity index (χ0) is 61.9. The molecular weight excluding hydrogens is 1150 g/mol. The van der Waals surface area contributed by atoms with Crippen molar-refractivity contribution in [3.8, 4) is 136 Å². The van der Waals surface area contributed by atoms with Crippen molar-refractivity contribution in [2.24, 2.45) is 0 Å². The standard InChI is InChI=1S/C86H52N6O2/c1-4-23-53(24-5-1)54-45-47-57(48-46-54)81-87-79(55-25-6-2-7-26-55)89-83(91-81)64-34-22-42-74-78(64)94-76-44-19-17-40-72(76)86(74)69-38-15-12-33-63(69)66-52-59(49-50-70(66)86)58-29-20-30-60(51-58)82-88-80(56-27-8-3-9-28-56)90-84(92-82)65-35-21-41-73-77(65)93-75-43-18-16-39-71(75)85(73)67-36-13-10-31-61(67)62-32-11-14-37-68(62)85/h1-52H. The Labute approximate surface area is 542 Å². The third-order valence-corrected chi connectivity index (χ3v) is 19.4. The van der Waals surface area contributed by atoms with Gasteiger partial charge in [-0.2, -0.15) is 0 Å². The van der Waals surface area contributed by atoms with E-state index < -0.39 is 10.8 Å². The van der Waals surface area contributed by atoms with Gasteiger partial charge in [0.25, 0.3) is 0 Å². The molecule has 94 heavy (non-hydrogen) atoms. The van der Waals surface area contributed by atoms with Crippen LogP contribution in [0.3, 0.4) is 0 Å². The van der Waals surface area contributed by atoms with Crippen LogP contribution in [0.4, 0.5) is 0 Å². The fourth-order valence-electron chi connectivity index (χ4n) is 15.3. The van der Waals surface area contributed by atoms with Gasteiger partial charge in [0.05, 0.1) is 22.0 Å². The lowest BCUT2D eigenvalue weighted by molar-refractivity contribution is 0.437. The zero-order valence-electron chi connectivity index (χ0n) is 50.5. The van der Waals surface area contributed by atoms with Crippen LogP contribution in [0, 0.1) is 0 Å². The molecule has 2 aliphatic carbocycles. The summed E-state index contributed by atoms with van der Waals surface area (Å²) in [5, 5.41) is 0. The second-order valence-corrected chi connectivity index (χ2v) is 24.3. The Hall–Kier alpha value is -12.5. The second-order valence-electron chi connectivity index (χ2n) is 24.3. The molecule has 0 saturated carbocycles. The Kier molecular flexibility index (Phi) is 11.9. The summed E-state index contributed by atoms with van der Waals surface area (Å²) in [6.07, 6.45) is 0. The highest BCUT2D eigenvalue weighted by Crippen LogP contribution is 2.65. The van der Waals surface area contributed by atoms with Crippen LogP contribution in [-0.2, 0) is 10.8 Å². The molecule has 2 aliphatic heterocycles. The first-order chi connectivity index (χ1) is 46.6. The number of hydrogen-bond acceptors (Lipinski definition) is 8. The summed E-state index contributed by atoms with van der Waals surface area (Å²) in [5.41, 5.74) is 21.6. The molecule has 8 nitrogen and oxygen atoms in total. The lowest BCUT2D eigenvalue weighted by Crippen LogP contribution is -2.32. The third kappa shape index (κ3) is 7.99. The molecule has 438 valence electrons. The average molecular weight is 1200 g/mol. The van der Waals surface area contributed by atoms with Crippen molar-refractivity contribution in [2.75, 3.05) is 0 Å². The van der Waals surface area contributed by atoms with Gasteiger partial charge in [-0.3, -0.25) is 0 Å². The summed E-state index contributed by atoms with van der Waals surface area (Å²) in [4.78, 5) is 31.8. The predicted octanol–water partition coefficient (Wildman–Crippen LogP) is 20.3. The largest absolute Gasteiger partial charge is 0.456 e. The minimum atomic E-state index is -0.778. The minimum Gasteiger partial charge on any atom is -0.456 e. The maximum atomic E-state index is 7.22. The first-order valence-electron chi connectivity index (χ1n) is 31.7. The molecule has 19 rings (SSSR count). The van der Waals surface area contributed by atoms with E-state index in [0.29, 0.717) is 40.7 Å². The van der Waals surface area contributed by atoms with Crippen LogP contribution < -0.4 is 9.47 Å². The number of para-hydroxylation sites is 4. The monoisotopic (exact) mass is 1200 g/mol. The molecule has 13 aromatic carbocycles. The maximum Gasteiger partial charge on any atom is 0.167 e. The Bertz CT molecular complexity index is 5530. The van der Waals surface area contributed by atoms with E-state index in [0.717, 1.165) is 112 Å². The Morgan fingerprint density at radius 2 is 0.479 bits per heavy atom. The fraction of sp³-hybridized carbons (Fsp3) is 0.0233. The normalized spacial score (nSPS) is 14.5. The van der Waals surface area contributed by atoms with Crippen molar-refractivity contribution in [3.05, 3.63) is 360 Å². The summed E-state index contributed by atoms with van der Waals surface area (Å²) in [5.74, 6) is 6.26. The van der Waals surface area contributed by atoms with Crippen LogP contribution >= 0.6 is 0 Å². The topological polar surface area (TPSA) is 95.8 Å². The van der Waals surface area contributed by atoms with Crippen molar-refractivity contribution in [1.29, 1.82) is 0 Å². The Morgan fingerprint density at radius 1 is 0.181 bits per heavy atom. The molecule has 0 N–H and O–H groups in total.